The molecule has 1 unspecified atom stereocenters. The van der Waals surface area contributed by atoms with E-state index in [4.69, 9.17) is 0 Å². The summed E-state index contributed by atoms with van der Waals surface area (Å²) in [6.45, 7) is 2.08. The van der Waals surface area contributed by atoms with Gasteiger partial charge in [0.15, 0.2) is 0 Å². The van der Waals surface area contributed by atoms with Crippen LogP contribution < -0.4 is 5.32 Å². The van der Waals surface area contributed by atoms with Crippen LogP contribution in [-0.4, -0.2) is 11.8 Å². The number of hydrogen-bond donors (Lipinski definition) is 1. The van der Waals surface area contributed by atoms with Crippen molar-refractivity contribution in [2.24, 2.45) is 5.92 Å². The summed E-state index contributed by atoms with van der Waals surface area (Å²) in [5, 5.41) is 2.27. The third kappa shape index (κ3) is 2.19. The highest BCUT2D eigenvalue weighted by atomic mass is 16.2. The Morgan fingerprint density at radius 1 is 1.50 bits per heavy atom. The molecule has 0 aromatic carbocycles. The van der Waals surface area contributed by atoms with Crippen LogP contribution in [0.1, 0.15) is 26.2 Å². The lowest BCUT2D eigenvalue weighted by Crippen LogP contribution is -2.37. The highest BCUT2D eigenvalue weighted by Crippen LogP contribution is 2.12. The smallest absolute Gasteiger partial charge is 0.250 e. The summed E-state index contributed by atoms with van der Waals surface area (Å²) < 4.78 is 0. The third-order valence-electron chi connectivity index (χ3n) is 1.93. The first-order valence-electron chi connectivity index (χ1n) is 4.27. The van der Waals surface area contributed by atoms with Crippen molar-refractivity contribution in [1.82, 2.24) is 5.32 Å². The van der Waals surface area contributed by atoms with E-state index in [9.17, 15) is 9.59 Å². The van der Waals surface area contributed by atoms with Crippen molar-refractivity contribution in [3.63, 3.8) is 0 Å². The van der Waals surface area contributed by atoms with Crippen molar-refractivity contribution in [3.8, 4) is 0 Å². The molecular weight excluding hydrogens is 154 g/mol. The summed E-state index contributed by atoms with van der Waals surface area (Å²) in [5.74, 6) is -0.550. The van der Waals surface area contributed by atoms with Gasteiger partial charge in [-0.2, -0.15) is 0 Å². The van der Waals surface area contributed by atoms with Gasteiger partial charge < -0.3 is 0 Å². The molecular formula is C9H13NO2. The predicted octanol–water partition coefficient (Wildman–Crippen LogP) is 1.01. The molecule has 0 spiro atoms. The summed E-state index contributed by atoms with van der Waals surface area (Å²) in [5.41, 5.74) is 0. The SMILES string of the molecule is CCCCC1C=CC(=O)NC1=O. The largest absolute Gasteiger partial charge is 0.292 e. The molecule has 1 atom stereocenters. The molecule has 0 aliphatic carbocycles. The first-order valence-corrected chi connectivity index (χ1v) is 4.27. The van der Waals surface area contributed by atoms with Crippen molar-refractivity contribution >= 4 is 11.8 Å². The van der Waals surface area contributed by atoms with Crippen LogP contribution >= 0.6 is 0 Å². The molecule has 1 aliphatic rings. The average molecular weight is 167 g/mol. The van der Waals surface area contributed by atoms with Gasteiger partial charge in [0.2, 0.25) is 11.8 Å². The molecule has 0 radical (unpaired) electrons. The first kappa shape index (κ1) is 8.97. The lowest BCUT2D eigenvalue weighted by molar-refractivity contribution is -0.130. The normalized spacial score (nSPS) is 22.6. The van der Waals surface area contributed by atoms with Crippen molar-refractivity contribution in [3.05, 3.63) is 12.2 Å². The summed E-state index contributed by atoms with van der Waals surface area (Å²) in [7, 11) is 0. The lowest BCUT2D eigenvalue weighted by Gasteiger charge is -2.14. The molecule has 2 amide bonds. The number of nitrogens with one attached hydrogen (secondary N) is 1. The molecule has 3 nitrogen and oxygen atoms in total. The number of carbonyl (C=O) groups is 2. The number of rotatable bonds is 3. The van der Waals surface area contributed by atoms with Gasteiger partial charge in [0.05, 0.1) is 5.92 Å². The Kier molecular flexibility index (Phi) is 3.02. The molecule has 0 saturated carbocycles. The van der Waals surface area contributed by atoms with Crippen LogP contribution in [0.5, 0.6) is 0 Å². The second kappa shape index (κ2) is 4.04. The van der Waals surface area contributed by atoms with Gasteiger partial charge in [0.25, 0.3) is 0 Å². The Balaban J connectivity index is 2.48. The van der Waals surface area contributed by atoms with Gasteiger partial charge in [-0.05, 0) is 6.42 Å². The van der Waals surface area contributed by atoms with Crippen molar-refractivity contribution in [2.75, 3.05) is 0 Å². The maximum atomic E-state index is 11.1. The van der Waals surface area contributed by atoms with Crippen LogP contribution in [0.2, 0.25) is 0 Å². The molecule has 0 aromatic heterocycles. The minimum atomic E-state index is -0.298. The van der Waals surface area contributed by atoms with Gasteiger partial charge in [0.1, 0.15) is 0 Å². The Hall–Kier alpha value is -1.12. The zero-order valence-electron chi connectivity index (χ0n) is 7.17. The highest BCUT2D eigenvalue weighted by molar-refractivity contribution is 6.05. The molecule has 0 aromatic rings. The van der Waals surface area contributed by atoms with Gasteiger partial charge in [-0.25, -0.2) is 0 Å². The fraction of sp³-hybridized carbons (Fsp3) is 0.556. The molecule has 1 heterocycles. The quantitative estimate of drug-likeness (QED) is 0.637. The van der Waals surface area contributed by atoms with E-state index in [2.05, 4.69) is 12.2 Å². The van der Waals surface area contributed by atoms with Crippen LogP contribution in [-0.2, 0) is 9.59 Å². The predicted molar refractivity (Wildman–Crippen MR) is 45.3 cm³/mol. The maximum absolute atomic E-state index is 11.1. The third-order valence-corrected chi connectivity index (χ3v) is 1.93. The summed E-state index contributed by atoms with van der Waals surface area (Å²) in [4.78, 5) is 21.8. The molecule has 12 heavy (non-hydrogen) atoms. The van der Waals surface area contributed by atoms with Crippen LogP contribution in [0, 0.1) is 5.92 Å². The highest BCUT2D eigenvalue weighted by Gasteiger charge is 2.20. The zero-order valence-corrected chi connectivity index (χ0v) is 7.17. The monoisotopic (exact) mass is 167 g/mol. The van der Waals surface area contributed by atoms with Crippen molar-refractivity contribution in [2.45, 2.75) is 26.2 Å². The van der Waals surface area contributed by atoms with E-state index >= 15 is 0 Å². The zero-order chi connectivity index (χ0) is 8.97. The number of unbranched alkanes of at least 4 members (excludes halogenated alkanes) is 1. The fourth-order valence-corrected chi connectivity index (χ4v) is 1.20. The van der Waals surface area contributed by atoms with Crippen molar-refractivity contribution in [1.29, 1.82) is 0 Å². The standard InChI is InChI=1S/C9H13NO2/c1-2-3-4-7-5-6-8(11)10-9(7)12/h5-7H,2-4H2,1H3,(H,10,11,12). The van der Waals surface area contributed by atoms with E-state index in [0.29, 0.717) is 0 Å². The average Bonchev–Trinajstić information content (AvgIpc) is 2.03. The fourth-order valence-electron chi connectivity index (χ4n) is 1.20. The van der Waals surface area contributed by atoms with Crippen LogP contribution in [0.4, 0.5) is 0 Å². The second-order valence-electron chi connectivity index (χ2n) is 2.96. The first-order chi connectivity index (χ1) is 5.74. The Labute approximate surface area is 71.8 Å². The van der Waals surface area contributed by atoms with Crippen LogP contribution in [0.3, 0.4) is 0 Å². The minimum Gasteiger partial charge on any atom is -0.292 e. The van der Waals surface area contributed by atoms with Gasteiger partial charge in [-0.1, -0.05) is 25.8 Å². The molecule has 1 rings (SSSR count). The minimum absolute atomic E-state index is 0.0948. The van der Waals surface area contributed by atoms with Crippen LogP contribution in [0.25, 0.3) is 0 Å². The Morgan fingerprint density at radius 2 is 2.25 bits per heavy atom. The van der Waals surface area contributed by atoms with Gasteiger partial charge in [-0.15, -0.1) is 0 Å². The molecule has 66 valence electrons. The van der Waals surface area contributed by atoms with E-state index in [1.807, 2.05) is 0 Å². The molecule has 0 saturated heterocycles. The van der Waals surface area contributed by atoms with Gasteiger partial charge >= 0.3 is 0 Å². The molecule has 1 aliphatic heterocycles. The summed E-state index contributed by atoms with van der Waals surface area (Å²) in [6.07, 6.45) is 6.06. The molecule has 1 N–H and O–H groups in total. The lowest BCUT2D eigenvalue weighted by atomic mass is 9.98. The molecule has 3 heteroatoms. The summed E-state index contributed by atoms with van der Waals surface area (Å²) >= 11 is 0. The number of carbonyl (C=O) groups excluding carboxylic acids is 2. The van der Waals surface area contributed by atoms with E-state index in [-0.39, 0.29) is 17.7 Å². The number of amides is 2. The van der Waals surface area contributed by atoms with E-state index in [0.717, 1.165) is 19.3 Å². The Bertz CT molecular complexity index is 221. The summed E-state index contributed by atoms with van der Waals surface area (Å²) in [6, 6.07) is 0. The second-order valence-corrected chi connectivity index (χ2v) is 2.96. The number of imide groups is 1. The molecule has 0 bridgehead atoms. The van der Waals surface area contributed by atoms with E-state index in [1.54, 1.807) is 6.08 Å². The molecule has 0 fully saturated rings. The van der Waals surface area contributed by atoms with Crippen molar-refractivity contribution < 1.29 is 9.59 Å². The van der Waals surface area contributed by atoms with Crippen LogP contribution in [0.15, 0.2) is 12.2 Å². The van der Waals surface area contributed by atoms with Gasteiger partial charge in [-0.3, -0.25) is 14.9 Å². The Morgan fingerprint density at radius 3 is 2.83 bits per heavy atom. The van der Waals surface area contributed by atoms with E-state index in [1.165, 1.54) is 6.08 Å². The van der Waals surface area contributed by atoms with Gasteiger partial charge in [0, 0.05) is 6.08 Å². The maximum Gasteiger partial charge on any atom is 0.250 e. The van der Waals surface area contributed by atoms with E-state index < -0.39 is 0 Å². The number of hydrogen-bond acceptors (Lipinski definition) is 2. The topological polar surface area (TPSA) is 46.2 Å².